The van der Waals surface area contributed by atoms with Gasteiger partial charge < -0.3 is 0 Å². The molecule has 0 aliphatic rings. The molecule has 1 aromatic heterocycles. The lowest BCUT2D eigenvalue weighted by Crippen LogP contribution is -2.03. The molecule has 0 atom stereocenters. The molecule has 0 N–H and O–H groups in total. The van der Waals surface area contributed by atoms with E-state index >= 15 is 0 Å². The first-order valence-electron chi connectivity index (χ1n) is 3.87. The Kier molecular flexibility index (Phi) is 3.86. The van der Waals surface area contributed by atoms with Crippen LogP contribution in [-0.4, -0.2) is 11.3 Å². The predicted molar refractivity (Wildman–Crippen MR) is 51.9 cm³/mol. The van der Waals surface area contributed by atoms with Crippen LogP contribution in [-0.2, 0) is 5.33 Å². The number of alkyl halides is 3. The van der Waals surface area contributed by atoms with Crippen molar-refractivity contribution >= 4 is 22.2 Å². The average Bonchev–Trinajstić information content (AvgIpc) is 2.26. The third kappa shape index (κ3) is 2.36. The number of hydrogen-bond acceptors (Lipinski definition) is 3. The van der Waals surface area contributed by atoms with Gasteiger partial charge in [-0.1, -0.05) is 15.9 Å². The van der Waals surface area contributed by atoms with Gasteiger partial charge in [-0.3, -0.25) is 4.79 Å². The fourth-order valence-corrected chi connectivity index (χ4v) is 1.57. The molecule has 3 nitrogen and oxygen atoms in total. The van der Waals surface area contributed by atoms with Crippen LogP contribution in [0.5, 0.6) is 0 Å². The van der Waals surface area contributed by atoms with E-state index in [4.69, 9.17) is 5.26 Å². The van der Waals surface area contributed by atoms with Crippen molar-refractivity contribution in [2.45, 2.75) is 11.8 Å². The molecule has 0 spiro atoms. The number of carbonyl (C=O) groups is 1. The number of aldehydes is 1. The Labute approximate surface area is 92.9 Å². The zero-order valence-electron chi connectivity index (χ0n) is 7.38. The summed E-state index contributed by atoms with van der Waals surface area (Å²) in [5, 5.41) is 8.65. The van der Waals surface area contributed by atoms with Crippen LogP contribution in [0.1, 0.15) is 33.7 Å². The largest absolute Gasteiger partial charge is 0.298 e. The van der Waals surface area contributed by atoms with Gasteiger partial charge in [0.1, 0.15) is 11.8 Å². The minimum Gasteiger partial charge on any atom is -0.298 e. The second kappa shape index (κ2) is 4.94. The summed E-state index contributed by atoms with van der Waals surface area (Å²) >= 11 is 2.98. The van der Waals surface area contributed by atoms with Gasteiger partial charge >= 0.3 is 0 Å². The lowest BCUT2D eigenvalue weighted by Gasteiger charge is -2.08. The van der Waals surface area contributed by atoms with Crippen molar-refractivity contribution in [2.75, 3.05) is 0 Å². The van der Waals surface area contributed by atoms with Crippen molar-refractivity contribution in [3.05, 3.63) is 28.6 Å². The number of halogens is 3. The van der Waals surface area contributed by atoms with E-state index in [1.165, 1.54) is 0 Å². The molecule has 1 rings (SSSR count). The highest BCUT2D eigenvalue weighted by atomic mass is 79.9. The summed E-state index contributed by atoms with van der Waals surface area (Å²) in [6.45, 7) is 0. The van der Waals surface area contributed by atoms with Crippen LogP contribution in [0.2, 0.25) is 0 Å². The number of carbonyl (C=O) groups excluding carboxylic acids is 1. The number of aromatic nitrogens is 1. The maximum atomic E-state index is 12.6. The molecule has 0 radical (unpaired) electrons. The fraction of sp³-hybridized carbons (Fsp3) is 0.222. The summed E-state index contributed by atoms with van der Waals surface area (Å²) in [4.78, 5) is 14.3. The molecular formula is C9H5BrF2N2O. The highest BCUT2D eigenvalue weighted by Gasteiger charge is 2.19. The van der Waals surface area contributed by atoms with Crippen molar-refractivity contribution in [3.8, 4) is 6.07 Å². The van der Waals surface area contributed by atoms with Crippen molar-refractivity contribution in [1.29, 1.82) is 5.26 Å². The molecule has 0 bridgehead atoms. The molecule has 0 aliphatic carbocycles. The lowest BCUT2D eigenvalue weighted by molar-refractivity contribution is 0.110. The smallest absolute Gasteiger partial charge is 0.266 e. The van der Waals surface area contributed by atoms with Gasteiger partial charge in [0.15, 0.2) is 6.29 Å². The number of pyridine rings is 1. The van der Waals surface area contributed by atoms with Crippen molar-refractivity contribution < 1.29 is 13.6 Å². The van der Waals surface area contributed by atoms with E-state index in [0.717, 1.165) is 6.07 Å². The fourth-order valence-electron chi connectivity index (χ4n) is 1.14. The predicted octanol–water partition coefficient (Wildman–Crippen LogP) is 2.60. The monoisotopic (exact) mass is 274 g/mol. The summed E-state index contributed by atoms with van der Waals surface area (Å²) in [6, 6.07) is 2.76. The quantitative estimate of drug-likeness (QED) is 0.629. The first kappa shape index (κ1) is 11.7. The topological polar surface area (TPSA) is 53.8 Å². The Bertz CT molecular complexity index is 429. The van der Waals surface area contributed by atoms with E-state index < -0.39 is 12.0 Å². The van der Waals surface area contributed by atoms with Gasteiger partial charge in [-0.25, -0.2) is 13.8 Å². The summed E-state index contributed by atoms with van der Waals surface area (Å²) in [5.74, 6) is 0. The highest BCUT2D eigenvalue weighted by molar-refractivity contribution is 9.08. The minimum absolute atomic E-state index is 0.0196. The number of hydrogen-bond donors (Lipinski definition) is 0. The number of nitrogens with zero attached hydrogens (tertiary/aromatic N) is 2. The van der Waals surface area contributed by atoms with Crippen molar-refractivity contribution in [1.82, 2.24) is 4.98 Å². The number of nitriles is 1. The Morgan fingerprint density at radius 1 is 1.67 bits per heavy atom. The molecule has 0 saturated heterocycles. The van der Waals surface area contributed by atoms with Crippen LogP contribution in [0.3, 0.4) is 0 Å². The second-order valence-electron chi connectivity index (χ2n) is 2.62. The van der Waals surface area contributed by atoms with Gasteiger partial charge in [0.2, 0.25) is 0 Å². The van der Waals surface area contributed by atoms with E-state index in [0.29, 0.717) is 6.29 Å². The Balaban J connectivity index is 3.47. The molecule has 15 heavy (non-hydrogen) atoms. The van der Waals surface area contributed by atoms with Gasteiger partial charge in [0, 0.05) is 10.9 Å². The van der Waals surface area contributed by atoms with Crippen LogP contribution < -0.4 is 0 Å². The maximum Gasteiger partial charge on any atom is 0.266 e. The van der Waals surface area contributed by atoms with E-state index in [2.05, 4.69) is 20.9 Å². The molecular weight excluding hydrogens is 270 g/mol. The van der Waals surface area contributed by atoms with E-state index in [9.17, 15) is 13.6 Å². The molecule has 0 unspecified atom stereocenters. The summed E-state index contributed by atoms with van der Waals surface area (Å²) in [6.07, 6.45) is -2.48. The average molecular weight is 275 g/mol. The zero-order chi connectivity index (χ0) is 11.4. The molecule has 0 aromatic carbocycles. The molecule has 78 valence electrons. The number of rotatable bonds is 3. The maximum absolute atomic E-state index is 12.6. The van der Waals surface area contributed by atoms with E-state index in [-0.39, 0.29) is 22.3 Å². The molecule has 0 fully saturated rings. The summed E-state index contributed by atoms with van der Waals surface area (Å²) in [7, 11) is 0. The first-order chi connectivity index (χ1) is 7.13. The lowest BCUT2D eigenvalue weighted by atomic mass is 10.1. The zero-order valence-corrected chi connectivity index (χ0v) is 8.96. The molecule has 1 heterocycles. The molecule has 6 heteroatoms. The Hall–Kier alpha value is -1.35. The van der Waals surface area contributed by atoms with Crippen molar-refractivity contribution in [2.24, 2.45) is 0 Å². The molecule has 0 aliphatic heterocycles. The summed E-state index contributed by atoms with van der Waals surface area (Å²) in [5.41, 5.74) is -0.631. The Morgan fingerprint density at radius 2 is 2.33 bits per heavy atom. The normalized spacial score (nSPS) is 10.1. The van der Waals surface area contributed by atoms with Gasteiger partial charge in [-0.2, -0.15) is 5.26 Å². The third-order valence-electron chi connectivity index (χ3n) is 1.76. The minimum atomic E-state index is -2.78. The van der Waals surface area contributed by atoms with Crippen LogP contribution in [0.15, 0.2) is 6.07 Å². The van der Waals surface area contributed by atoms with Crippen LogP contribution in [0.25, 0.3) is 0 Å². The third-order valence-corrected chi connectivity index (χ3v) is 2.29. The van der Waals surface area contributed by atoms with Gasteiger partial charge in [0.25, 0.3) is 6.43 Å². The Morgan fingerprint density at radius 3 is 2.73 bits per heavy atom. The second-order valence-corrected chi connectivity index (χ2v) is 3.18. The standard InChI is InChI=1S/C9H5BrF2N2O/c10-2-7-8(9(11)12)5(4-15)1-6(3-13)14-7/h1,4,9H,2H2. The van der Waals surface area contributed by atoms with Crippen LogP contribution in [0.4, 0.5) is 8.78 Å². The highest BCUT2D eigenvalue weighted by Crippen LogP contribution is 2.26. The van der Waals surface area contributed by atoms with Gasteiger partial charge in [-0.15, -0.1) is 0 Å². The van der Waals surface area contributed by atoms with Gasteiger partial charge in [0.05, 0.1) is 11.3 Å². The van der Waals surface area contributed by atoms with E-state index in [1.807, 2.05) is 0 Å². The first-order valence-corrected chi connectivity index (χ1v) is 4.99. The molecule has 0 saturated carbocycles. The summed E-state index contributed by atoms with van der Waals surface area (Å²) < 4.78 is 25.2. The van der Waals surface area contributed by atoms with Crippen molar-refractivity contribution in [3.63, 3.8) is 0 Å². The molecule has 0 amide bonds. The van der Waals surface area contributed by atoms with Crippen LogP contribution >= 0.6 is 15.9 Å². The van der Waals surface area contributed by atoms with Crippen LogP contribution in [0, 0.1) is 11.3 Å². The van der Waals surface area contributed by atoms with Gasteiger partial charge in [-0.05, 0) is 6.07 Å². The van der Waals surface area contributed by atoms with E-state index in [1.54, 1.807) is 6.07 Å². The SMILES string of the molecule is N#Cc1cc(C=O)c(C(F)F)c(CBr)n1. The molecule has 1 aromatic rings.